The molecule has 0 amide bonds. The Morgan fingerprint density at radius 2 is 2.00 bits per heavy atom. The Labute approximate surface area is 130 Å². The second kappa shape index (κ2) is 9.09. The average Bonchev–Trinajstić information content (AvgIpc) is 2.72. The van der Waals surface area contributed by atoms with Crippen LogP contribution in [0.5, 0.6) is 0 Å². The molecule has 1 aliphatic rings. The van der Waals surface area contributed by atoms with E-state index >= 15 is 0 Å². The number of rotatable bonds is 7. The third kappa shape index (κ3) is 5.35. The number of nitrogens with one attached hydrogen (secondary N) is 1. The third-order valence-electron chi connectivity index (χ3n) is 4.74. The number of ether oxygens (including phenoxy) is 1. The van der Waals surface area contributed by atoms with Crippen molar-refractivity contribution in [2.75, 3.05) is 19.0 Å². The van der Waals surface area contributed by atoms with Gasteiger partial charge in [-0.2, -0.15) is 0 Å². The van der Waals surface area contributed by atoms with E-state index in [0.29, 0.717) is 6.04 Å². The highest BCUT2D eigenvalue weighted by atomic mass is 16.5. The fourth-order valence-corrected chi connectivity index (χ4v) is 3.53. The van der Waals surface area contributed by atoms with Crippen LogP contribution in [0.3, 0.4) is 0 Å². The number of hydrogen-bond acceptors (Lipinski definition) is 2. The van der Waals surface area contributed by atoms with Crippen LogP contribution >= 0.6 is 0 Å². The monoisotopic (exact) mass is 289 g/mol. The molecule has 0 saturated heterocycles. The fourth-order valence-electron chi connectivity index (χ4n) is 3.53. The maximum atomic E-state index is 5.22. The van der Waals surface area contributed by atoms with Crippen LogP contribution in [-0.2, 0) is 11.2 Å². The molecule has 1 fully saturated rings. The normalized spacial score (nSPS) is 22.8. The van der Waals surface area contributed by atoms with Crippen LogP contribution in [0.15, 0.2) is 24.3 Å². The highest BCUT2D eigenvalue weighted by Crippen LogP contribution is 2.29. The van der Waals surface area contributed by atoms with Gasteiger partial charge < -0.3 is 10.1 Å². The van der Waals surface area contributed by atoms with Crippen molar-refractivity contribution in [3.8, 4) is 0 Å². The molecule has 0 heterocycles. The molecule has 0 aromatic heterocycles. The SMILES string of the molecule is CCCC1CCCC(Nc2ccccc2CCOC)CC1. The lowest BCUT2D eigenvalue weighted by atomic mass is 9.95. The van der Waals surface area contributed by atoms with E-state index in [1.165, 1.54) is 56.2 Å². The van der Waals surface area contributed by atoms with E-state index in [1.807, 2.05) is 0 Å². The Kier molecular flexibility index (Phi) is 7.08. The molecule has 0 spiro atoms. The molecule has 1 aromatic carbocycles. The maximum Gasteiger partial charge on any atom is 0.0503 e. The summed E-state index contributed by atoms with van der Waals surface area (Å²) in [7, 11) is 1.77. The van der Waals surface area contributed by atoms with Gasteiger partial charge in [0.15, 0.2) is 0 Å². The lowest BCUT2D eigenvalue weighted by molar-refractivity contribution is 0.202. The molecule has 21 heavy (non-hydrogen) atoms. The molecule has 2 nitrogen and oxygen atoms in total. The lowest BCUT2D eigenvalue weighted by Crippen LogP contribution is -2.19. The smallest absolute Gasteiger partial charge is 0.0503 e. The van der Waals surface area contributed by atoms with Gasteiger partial charge >= 0.3 is 0 Å². The van der Waals surface area contributed by atoms with E-state index in [2.05, 4.69) is 36.5 Å². The zero-order valence-electron chi connectivity index (χ0n) is 13.7. The van der Waals surface area contributed by atoms with E-state index < -0.39 is 0 Å². The highest BCUT2D eigenvalue weighted by molar-refractivity contribution is 5.51. The van der Waals surface area contributed by atoms with Crippen molar-refractivity contribution < 1.29 is 4.74 Å². The molecule has 1 N–H and O–H groups in total. The largest absolute Gasteiger partial charge is 0.384 e. The van der Waals surface area contributed by atoms with Gasteiger partial charge in [0, 0.05) is 18.8 Å². The Bertz CT molecular complexity index is 404. The summed E-state index contributed by atoms with van der Waals surface area (Å²) in [6, 6.07) is 9.35. The van der Waals surface area contributed by atoms with Gasteiger partial charge in [-0.3, -0.25) is 0 Å². The van der Waals surface area contributed by atoms with Crippen molar-refractivity contribution in [3.05, 3.63) is 29.8 Å². The second-order valence-electron chi connectivity index (χ2n) is 6.40. The van der Waals surface area contributed by atoms with Crippen LogP contribution in [-0.4, -0.2) is 19.8 Å². The zero-order chi connectivity index (χ0) is 14.9. The summed E-state index contributed by atoms with van der Waals surface area (Å²) in [4.78, 5) is 0. The minimum Gasteiger partial charge on any atom is -0.384 e. The summed E-state index contributed by atoms with van der Waals surface area (Å²) in [5.74, 6) is 0.963. The van der Waals surface area contributed by atoms with Crippen LogP contribution in [0.2, 0.25) is 0 Å². The molecule has 2 rings (SSSR count). The van der Waals surface area contributed by atoms with Gasteiger partial charge in [-0.05, 0) is 43.2 Å². The topological polar surface area (TPSA) is 21.3 Å². The minimum absolute atomic E-state index is 0.649. The van der Waals surface area contributed by atoms with Crippen molar-refractivity contribution in [1.29, 1.82) is 0 Å². The molecule has 0 radical (unpaired) electrons. The highest BCUT2D eigenvalue weighted by Gasteiger charge is 2.18. The Morgan fingerprint density at radius 3 is 2.81 bits per heavy atom. The van der Waals surface area contributed by atoms with E-state index in [0.717, 1.165) is 18.9 Å². The van der Waals surface area contributed by atoms with Crippen molar-refractivity contribution in [2.45, 2.75) is 64.3 Å². The molecule has 2 heteroatoms. The first-order valence-corrected chi connectivity index (χ1v) is 8.66. The number of anilines is 1. The fraction of sp³-hybridized carbons (Fsp3) is 0.684. The molecule has 2 unspecified atom stereocenters. The summed E-state index contributed by atoms with van der Waals surface area (Å²) in [6.07, 6.45) is 10.6. The maximum absolute atomic E-state index is 5.22. The Morgan fingerprint density at radius 1 is 1.14 bits per heavy atom. The van der Waals surface area contributed by atoms with Crippen molar-refractivity contribution in [3.63, 3.8) is 0 Å². The zero-order valence-corrected chi connectivity index (χ0v) is 13.7. The number of methoxy groups -OCH3 is 1. The van der Waals surface area contributed by atoms with Gasteiger partial charge in [0.05, 0.1) is 6.61 Å². The van der Waals surface area contributed by atoms with Crippen LogP contribution in [0.4, 0.5) is 5.69 Å². The van der Waals surface area contributed by atoms with Gasteiger partial charge in [-0.1, -0.05) is 50.8 Å². The van der Waals surface area contributed by atoms with E-state index in [4.69, 9.17) is 4.74 Å². The lowest BCUT2D eigenvalue weighted by Gasteiger charge is -2.20. The summed E-state index contributed by atoms with van der Waals surface area (Å²) in [6.45, 7) is 3.11. The predicted octanol–water partition coefficient (Wildman–Crippen LogP) is 5.04. The van der Waals surface area contributed by atoms with E-state index in [1.54, 1.807) is 7.11 Å². The van der Waals surface area contributed by atoms with Crippen LogP contribution < -0.4 is 5.32 Å². The standard InChI is InChI=1S/C19H31NO/c1-3-7-16-8-6-10-18(13-12-16)20-19-11-5-4-9-17(19)14-15-21-2/h4-5,9,11,16,18,20H,3,6-8,10,12-15H2,1-2H3. The molecule has 0 bridgehead atoms. The second-order valence-corrected chi connectivity index (χ2v) is 6.40. The number of para-hydroxylation sites is 1. The third-order valence-corrected chi connectivity index (χ3v) is 4.74. The van der Waals surface area contributed by atoms with E-state index in [9.17, 15) is 0 Å². The van der Waals surface area contributed by atoms with Crippen molar-refractivity contribution in [1.82, 2.24) is 0 Å². The van der Waals surface area contributed by atoms with Crippen LogP contribution in [0.1, 0.15) is 57.4 Å². The Hall–Kier alpha value is -1.02. The molecule has 1 aromatic rings. The molecule has 1 aliphatic carbocycles. The Balaban J connectivity index is 1.92. The van der Waals surface area contributed by atoms with Gasteiger partial charge in [0.2, 0.25) is 0 Å². The number of benzene rings is 1. The van der Waals surface area contributed by atoms with Gasteiger partial charge in [-0.25, -0.2) is 0 Å². The first-order valence-electron chi connectivity index (χ1n) is 8.66. The van der Waals surface area contributed by atoms with Crippen LogP contribution in [0.25, 0.3) is 0 Å². The predicted molar refractivity (Wildman–Crippen MR) is 90.9 cm³/mol. The molecule has 118 valence electrons. The molecule has 0 aliphatic heterocycles. The van der Waals surface area contributed by atoms with Gasteiger partial charge in [0.25, 0.3) is 0 Å². The van der Waals surface area contributed by atoms with Gasteiger partial charge in [-0.15, -0.1) is 0 Å². The molecule has 2 atom stereocenters. The quantitative estimate of drug-likeness (QED) is 0.710. The summed E-state index contributed by atoms with van der Waals surface area (Å²) < 4.78 is 5.22. The van der Waals surface area contributed by atoms with Crippen molar-refractivity contribution in [2.24, 2.45) is 5.92 Å². The average molecular weight is 289 g/mol. The van der Waals surface area contributed by atoms with Crippen molar-refractivity contribution >= 4 is 5.69 Å². The van der Waals surface area contributed by atoms with Gasteiger partial charge in [0.1, 0.15) is 0 Å². The molecular formula is C19H31NO. The minimum atomic E-state index is 0.649. The number of hydrogen-bond donors (Lipinski definition) is 1. The molecule has 1 saturated carbocycles. The summed E-state index contributed by atoms with van der Waals surface area (Å²) >= 11 is 0. The first kappa shape index (κ1) is 16.4. The molecular weight excluding hydrogens is 258 g/mol. The van der Waals surface area contributed by atoms with E-state index in [-0.39, 0.29) is 0 Å². The summed E-state index contributed by atoms with van der Waals surface area (Å²) in [5, 5.41) is 3.81. The first-order chi connectivity index (χ1) is 10.3. The van der Waals surface area contributed by atoms with Crippen LogP contribution in [0, 0.1) is 5.92 Å². The summed E-state index contributed by atoms with van der Waals surface area (Å²) in [5.41, 5.74) is 2.70.